The van der Waals surface area contributed by atoms with E-state index < -0.39 is 0 Å². The molecule has 24 heavy (non-hydrogen) atoms. The van der Waals surface area contributed by atoms with Crippen LogP contribution in [0.2, 0.25) is 0 Å². The number of hydrogen-bond donors (Lipinski definition) is 1. The summed E-state index contributed by atoms with van der Waals surface area (Å²) >= 11 is 0. The van der Waals surface area contributed by atoms with Gasteiger partial charge in [-0.1, -0.05) is 39.8 Å². The largest absolute Gasteiger partial charge is 0.356 e. The van der Waals surface area contributed by atoms with Crippen molar-refractivity contribution in [3.8, 4) is 0 Å². The number of rotatable bonds is 5. The van der Waals surface area contributed by atoms with E-state index >= 15 is 0 Å². The molecular formula is C20H30N2O2. The average Bonchev–Trinajstić information content (AvgIpc) is 2.59. The summed E-state index contributed by atoms with van der Waals surface area (Å²) in [5, 5.41) is 2.99. The van der Waals surface area contributed by atoms with Gasteiger partial charge in [-0.25, -0.2) is 0 Å². The molecule has 1 heterocycles. The Kier molecular flexibility index (Phi) is 6.41. The van der Waals surface area contributed by atoms with Gasteiger partial charge in [-0.3, -0.25) is 9.59 Å². The number of benzene rings is 1. The summed E-state index contributed by atoms with van der Waals surface area (Å²) in [5.41, 5.74) is 2.01. The fourth-order valence-electron chi connectivity index (χ4n) is 3.06. The first-order valence-electron chi connectivity index (χ1n) is 9.05. The Balaban J connectivity index is 1.93. The summed E-state index contributed by atoms with van der Waals surface area (Å²) in [5.74, 6) is 1.01. The first kappa shape index (κ1) is 18.5. The molecule has 1 N–H and O–H groups in total. The van der Waals surface area contributed by atoms with Crippen LogP contribution in [0.25, 0.3) is 0 Å². The quantitative estimate of drug-likeness (QED) is 0.899. The third kappa shape index (κ3) is 4.83. The minimum atomic E-state index is 0.00537. The maximum atomic E-state index is 12.7. The molecule has 0 unspecified atom stereocenters. The van der Waals surface area contributed by atoms with Crippen molar-refractivity contribution in [3.63, 3.8) is 0 Å². The monoisotopic (exact) mass is 330 g/mol. The second kappa shape index (κ2) is 8.32. The zero-order valence-electron chi connectivity index (χ0n) is 15.3. The minimum absolute atomic E-state index is 0.00537. The number of nitrogens with one attached hydrogen (secondary N) is 1. The average molecular weight is 330 g/mol. The fourth-order valence-corrected chi connectivity index (χ4v) is 3.06. The van der Waals surface area contributed by atoms with E-state index in [2.05, 4.69) is 19.2 Å². The SMILES string of the molecule is CC(C)C(=O)NC[C@H]1CCCN(C(=O)c2ccc(C(C)C)cc2)C1. The second-order valence-electron chi connectivity index (χ2n) is 7.44. The minimum Gasteiger partial charge on any atom is -0.356 e. The zero-order valence-corrected chi connectivity index (χ0v) is 15.3. The molecule has 1 atom stereocenters. The van der Waals surface area contributed by atoms with E-state index in [0.29, 0.717) is 18.4 Å². The molecule has 4 heteroatoms. The maximum absolute atomic E-state index is 12.7. The van der Waals surface area contributed by atoms with Crippen LogP contribution in [-0.4, -0.2) is 36.3 Å². The van der Waals surface area contributed by atoms with Crippen molar-refractivity contribution >= 4 is 11.8 Å². The van der Waals surface area contributed by atoms with E-state index in [9.17, 15) is 9.59 Å². The number of piperidine rings is 1. The smallest absolute Gasteiger partial charge is 0.253 e. The lowest BCUT2D eigenvalue weighted by molar-refractivity contribution is -0.124. The number of likely N-dealkylation sites (tertiary alicyclic amines) is 1. The standard InChI is InChI=1S/C20H30N2O2/c1-14(2)17-7-9-18(10-8-17)20(24)22-11-5-6-16(13-22)12-21-19(23)15(3)4/h7-10,14-16H,5-6,11-13H2,1-4H3,(H,21,23)/t16-/m1/s1. The predicted octanol–water partition coefficient (Wildman–Crippen LogP) is 3.43. The number of amides is 2. The maximum Gasteiger partial charge on any atom is 0.253 e. The van der Waals surface area contributed by atoms with Crippen molar-refractivity contribution in [1.29, 1.82) is 0 Å². The van der Waals surface area contributed by atoms with Gasteiger partial charge in [0.2, 0.25) is 5.91 Å². The van der Waals surface area contributed by atoms with Gasteiger partial charge in [-0.2, -0.15) is 0 Å². The summed E-state index contributed by atoms with van der Waals surface area (Å²) in [7, 11) is 0. The Morgan fingerprint density at radius 3 is 2.42 bits per heavy atom. The van der Waals surface area contributed by atoms with Gasteiger partial charge in [-0.15, -0.1) is 0 Å². The molecule has 132 valence electrons. The predicted molar refractivity (Wildman–Crippen MR) is 97.0 cm³/mol. The van der Waals surface area contributed by atoms with Gasteiger partial charge in [0, 0.05) is 31.1 Å². The van der Waals surface area contributed by atoms with Crippen molar-refractivity contribution < 1.29 is 9.59 Å². The Labute approximate surface area is 145 Å². The first-order chi connectivity index (χ1) is 11.4. The zero-order chi connectivity index (χ0) is 17.7. The Hall–Kier alpha value is -1.84. The summed E-state index contributed by atoms with van der Waals surface area (Å²) in [6.07, 6.45) is 2.06. The first-order valence-corrected chi connectivity index (χ1v) is 9.05. The van der Waals surface area contributed by atoms with Crippen molar-refractivity contribution in [2.75, 3.05) is 19.6 Å². The van der Waals surface area contributed by atoms with Gasteiger partial charge in [0.1, 0.15) is 0 Å². The molecule has 4 nitrogen and oxygen atoms in total. The van der Waals surface area contributed by atoms with Crippen LogP contribution in [0.3, 0.4) is 0 Å². The molecule has 1 aromatic carbocycles. The van der Waals surface area contributed by atoms with Crippen LogP contribution in [0.5, 0.6) is 0 Å². The lowest BCUT2D eigenvalue weighted by Crippen LogP contribution is -2.44. The van der Waals surface area contributed by atoms with E-state index in [4.69, 9.17) is 0 Å². The topological polar surface area (TPSA) is 49.4 Å². The molecule has 2 amide bonds. The van der Waals surface area contributed by atoms with E-state index in [0.717, 1.165) is 31.5 Å². The molecule has 0 aromatic heterocycles. The lowest BCUT2D eigenvalue weighted by Gasteiger charge is -2.33. The van der Waals surface area contributed by atoms with Crippen molar-refractivity contribution in [2.45, 2.75) is 46.5 Å². The van der Waals surface area contributed by atoms with Crippen molar-refractivity contribution in [3.05, 3.63) is 35.4 Å². The highest BCUT2D eigenvalue weighted by molar-refractivity contribution is 5.94. The molecule has 0 radical (unpaired) electrons. The fraction of sp³-hybridized carbons (Fsp3) is 0.600. The summed E-state index contributed by atoms with van der Waals surface area (Å²) in [6, 6.07) is 7.95. The Morgan fingerprint density at radius 1 is 1.17 bits per heavy atom. The Morgan fingerprint density at radius 2 is 1.83 bits per heavy atom. The lowest BCUT2D eigenvalue weighted by atomic mass is 9.96. The number of carbonyl (C=O) groups excluding carboxylic acids is 2. The molecule has 0 spiro atoms. The van der Waals surface area contributed by atoms with Crippen LogP contribution in [0, 0.1) is 11.8 Å². The highest BCUT2D eigenvalue weighted by Gasteiger charge is 2.25. The van der Waals surface area contributed by atoms with Crippen LogP contribution in [-0.2, 0) is 4.79 Å². The third-order valence-corrected chi connectivity index (χ3v) is 4.72. The summed E-state index contributed by atoms with van der Waals surface area (Å²) < 4.78 is 0. The van der Waals surface area contributed by atoms with Gasteiger partial charge in [-0.05, 0) is 42.4 Å². The molecule has 0 bridgehead atoms. The van der Waals surface area contributed by atoms with E-state index in [1.54, 1.807) is 0 Å². The van der Waals surface area contributed by atoms with Crippen LogP contribution in [0.1, 0.15) is 62.4 Å². The molecule has 1 aromatic rings. The van der Waals surface area contributed by atoms with Crippen molar-refractivity contribution in [2.24, 2.45) is 11.8 Å². The van der Waals surface area contributed by atoms with E-state index in [1.165, 1.54) is 5.56 Å². The van der Waals surface area contributed by atoms with Crippen LogP contribution in [0.15, 0.2) is 24.3 Å². The van der Waals surface area contributed by atoms with Crippen LogP contribution >= 0.6 is 0 Å². The highest BCUT2D eigenvalue weighted by Crippen LogP contribution is 2.20. The molecule has 2 rings (SSSR count). The van der Waals surface area contributed by atoms with Gasteiger partial charge in [0.25, 0.3) is 5.91 Å². The highest BCUT2D eigenvalue weighted by atomic mass is 16.2. The molecular weight excluding hydrogens is 300 g/mol. The number of carbonyl (C=O) groups is 2. The molecule has 1 fully saturated rings. The van der Waals surface area contributed by atoms with Crippen LogP contribution < -0.4 is 5.32 Å². The summed E-state index contributed by atoms with van der Waals surface area (Å²) in [6.45, 7) is 10.3. The molecule has 0 aliphatic carbocycles. The van der Waals surface area contributed by atoms with Crippen molar-refractivity contribution in [1.82, 2.24) is 10.2 Å². The van der Waals surface area contributed by atoms with Gasteiger partial charge in [0.05, 0.1) is 0 Å². The van der Waals surface area contributed by atoms with E-state index in [1.807, 2.05) is 43.0 Å². The van der Waals surface area contributed by atoms with Gasteiger partial charge >= 0.3 is 0 Å². The normalized spacial score (nSPS) is 18.1. The summed E-state index contributed by atoms with van der Waals surface area (Å²) in [4.78, 5) is 26.4. The Bertz CT molecular complexity index is 564. The van der Waals surface area contributed by atoms with E-state index in [-0.39, 0.29) is 17.7 Å². The molecule has 0 saturated carbocycles. The number of hydrogen-bond acceptors (Lipinski definition) is 2. The molecule has 1 aliphatic heterocycles. The molecule has 1 aliphatic rings. The van der Waals surface area contributed by atoms with Crippen LogP contribution in [0.4, 0.5) is 0 Å². The molecule has 1 saturated heterocycles. The third-order valence-electron chi connectivity index (χ3n) is 4.72. The second-order valence-corrected chi connectivity index (χ2v) is 7.44. The van der Waals surface area contributed by atoms with Gasteiger partial charge in [0.15, 0.2) is 0 Å². The van der Waals surface area contributed by atoms with Gasteiger partial charge < -0.3 is 10.2 Å². The number of nitrogens with zero attached hydrogens (tertiary/aromatic N) is 1.